The smallest absolute Gasteiger partial charge is 0.319 e. The minimum atomic E-state index is -0.770. The zero-order valence-corrected chi connectivity index (χ0v) is 17.6. The first-order valence-corrected chi connectivity index (χ1v) is 10.8. The van der Waals surface area contributed by atoms with Crippen molar-refractivity contribution in [2.45, 2.75) is 37.6 Å². The lowest BCUT2D eigenvalue weighted by atomic mass is 9.89. The zero-order chi connectivity index (χ0) is 21.1. The van der Waals surface area contributed by atoms with Crippen molar-refractivity contribution in [1.82, 2.24) is 9.80 Å². The van der Waals surface area contributed by atoms with Crippen molar-refractivity contribution < 1.29 is 19.1 Å². The molecule has 1 aromatic carbocycles. The number of methoxy groups -OCH3 is 1. The number of esters is 1. The monoisotopic (exact) mass is 414 g/mol. The Bertz CT molecular complexity index is 821. The summed E-state index contributed by atoms with van der Waals surface area (Å²) >= 11 is 0. The summed E-state index contributed by atoms with van der Waals surface area (Å²) in [4.78, 5) is 44.2. The number of carbonyl (C=O) groups excluding carboxylic acids is 3. The summed E-state index contributed by atoms with van der Waals surface area (Å²) in [5, 5.41) is 3.02. The molecule has 0 atom stereocenters. The van der Waals surface area contributed by atoms with Gasteiger partial charge in [-0.2, -0.15) is 0 Å². The molecule has 162 valence electrons. The summed E-state index contributed by atoms with van der Waals surface area (Å²) in [6.45, 7) is 3.56. The van der Waals surface area contributed by atoms with E-state index in [0.29, 0.717) is 31.6 Å². The zero-order valence-electron chi connectivity index (χ0n) is 17.6. The molecule has 0 unspecified atom stereocenters. The maximum atomic E-state index is 13.6. The molecule has 8 nitrogen and oxygen atoms in total. The van der Waals surface area contributed by atoms with Crippen molar-refractivity contribution in [2.75, 3.05) is 56.6 Å². The summed E-state index contributed by atoms with van der Waals surface area (Å²) in [7, 11) is 1.40. The molecule has 1 aliphatic carbocycles. The van der Waals surface area contributed by atoms with Crippen molar-refractivity contribution in [3.05, 3.63) is 24.3 Å². The highest BCUT2D eigenvalue weighted by atomic mass is 16.5. The maximum absolute atomic E-state index is 13.6. The molecule has 1 saturated carbocycles. The van der Waals surface area contributed by atoms with E-state index in [9.17, 15) is 14.4 Å². The third-order valence-corrected chi connectivity index (χ3v) is 6.54. The van der Waals surface area contributed by atoms with Crippen LogP contribution in [0, 0.1) is 0 Å². The molecule has 0 bridgehead atoms. The van der Waals surface area contributed by atoms with Gasteiger partial charge in [-0.3, -0.25) is 29.1 Å². The van der Waals surface area contributed by atoms with Gasteiger partial charge in [0.1, 0.15) is 5.54 Å². The van der Waals surface area contributed by atoms with Crippen LogP contribution in [-0.2, 0) is 19.1 Å². The van der Waals surface area contributed by atoms with E-state index in [0.717, 1.165) is 38.0 Å². The lowest BCUT2D eigenvalue weighted by Gasteiger charge is -2.45. The summed E-state index contributed by atoms with van der Waals surface area (Å²) in [6.07, 6.45) is 4.18. The Morgan fingerprint density at radius 3 is 2.37 bits per heavy atom. The molecule has 2 heterocycles. The van der Waals surface area contributed by atoms with Gasteiger partial charge in [0.05, 0.1) is 31.6 Å². The van der Waals surface area contributed by atoms with Gasteiger partial charge < -0.3 is 10.1 Å². The number of carbonyl (C=O) groups is 3. The third-order valence-electron chi connectivity index (χ3n) is 6.54. The van der Waals surface area contributed by atoms with E-state index in [1.54, 1.807) is 4.90 Å². The molecule has 1 spiro atoms. The van der Waals surface area contributed by atoms with Crippen molar-refractivity contribution in [3.8, 4) is 0 Å². The SMILES string of the molecule is COC(=O)CN1CCCN(CC(=O)N2c3ccccc3NC(=O)C23CCCC3)CC1. The van der Waals surface area contributed by atoms with Gasteiger partial charge >= 0.3 is 5.97 Å². The van der Waals surface area contributed by atoms with E-state index < -0.39 is 5.54 Å². The normalized spacial score (nSPS) is 21.8. The standard InChI is InChI=1S/C22H30N4O4/c1-30-20(28)16-25-12-6-11-24(13-14-25)15-19(27)26-18-8-3-2-7-17(18)23-21(29)22(26)9-4-5-10-22/h2-3,7-8H,4-6,9-16H2,1H3,(H,23,29). The average molecular weight is 415 g/mol. The summed E-state index contributed by atoms with van der Waals surface area (Å²) in [5.41, 5.74) is 0.730. The number of nitrogens with one attached hydrogen (secondary N) is 1. The molecule has 2 aliphatic heterocycles. The van der Waals surface area contributed by atoms with Gasteiger partial charge in [0, 0.05) is 19.6 Å². The molecular formula is C22H30N4O4. The molecule has 1 saturated heterocycles. The molecule has 4 rings (SSSR count). The topological polar surface area (TPSA) is 82.2 Å². The Kier molecular flexibility index (Phi) is 6.06. The Hall–Kier alpha value is -2.45. The van der Waals surface area contributed by atoms with Gasteiger partial charge in [0.15, 0.2) is 0 Å². The molecule has 0 radical (unpaired) electrons. The molecule has 30 heavy (non-hydrogen) atoms. The number of nitrogens with zero attached hydrogens (tertiary/aromatic N) is 3. The number of rotatable bonds is 4. The van der Waals surface area contributed by atoms with E-state index in [1.165, 1.54) is 7.11 Å². The second-order valence-corrected chi connectivity index (χ2v) is 8.42. The van der Waals surface area contributed by atoms with E-state index in [4.69, 9.17) is 4.74 Å². The predicted molar refractivity (Wildman–Crippen MR) is 113 cm³/mol. The first-order valence-electron chi connectivity index (χ1n) is 10.8. The van der Waals surface area contributed by atoms with Gasteiger partial charge in [0.2, 0.25) is 5.91 Å². The molecular weight excluding hydrogens is 384 g/mol. The number of benzene rings is 1. The highest BCUT2D eigenvalue weighted by Crippen LogP contribution is 2.45. The van der Waals surface area contributed by atoms with E-state index in [2.05, 4.69) is 15.1 Å². The highest BCUT2D eigenvalue weighted by Gasteiger charge is 2.52. The van der Waals surface area contributed by atoms with Crippen LogP contribution in [0.2, 0.25) is 0 Å². The number of para-hydroxylation sites is 2. The lowest BCUT2D eigenvalue weighted by molar-refractivity contribution is -0.141. The first-order chi connectivity index (χ1) is 14.5. The Balaban J connectivity index is 1.50. The van der Waals surface area contributed by atoms with Crippen LogP contribution in [0.5, 0.6) is 0 Å². The first kappa shape index (κ1) is 20.8. The fourth-order valence-corrected chi connectivity index (χ4v) is 4.98. The second-order valence-electron chi connectivity index (χ2n) is 8.42. The molecule has 3 aliphatic rings. The van der Waals surface area contributed by atoms with Crippen LogP contribution in [0.25, 0.3) is 0 Å². The number of hydrogen-bond donors (Lipinski definition) is 1. The molecule has 1 N–H and O–H groups in total. The quantitative estimate of drug-likeness (QED) is 0.752. The van der Waals surface area contributed by atoms with Crippen LogP contribution in [0.4, 0.5) is 11.4 Å². The maximum Gasteiger partial charge on any atom is 0.319 e. The number of anilines is 2. The molecule has 8 heteroatoms. The fourth-order valence-electron chi connectivity index (χ4n) is 4.98. The Morgan fingerprint density at radius 1 is 1.00 bits per heavy atom. The van der Waals surface area contributed by atoms with Gasteiger partial charge in [-0.05, 0) is 37.9 Å². The van der Waals surface area contributed by atoms with Crippen molar-refractivity contribution >= 4 is 29.2 Å². The van der Waals surface area contributed by atoms with E-state index in [-0.39, 0.29) is 30.9 Å². The molecule has 2 amide bonds. The van der Waals surface area contributed by atoms with E-state index >= 15 is 0 Å². The average Bonchev–Trinajstić information content (AvgIpc) is 3.12. The van der Waals surface area contributed by atoms with Crippen molar-refractivity contribution in [1.29, 1.82) is 0 Å². The highest BCUT2D eigenvalue weighted by molar-refractivity contribution is 6.15. The molecule has 1 aromatic rings. The van der Waals surface area contributed by atoms with Crippen LogP contribution in [0.3, 0.4) is 0 Å². The lowest BCUT2D eigenvalue weighted by Crippen LogP contribution is -2.62. The van der Waals surface area contributed by atoms with Gasteiger partial charge in [-0.25, -0.2) is 0 Å². The molecule has 2 fully saturated rings. The summed E-state index contributed by atoms with van der Waals surface area (Å²) < 4.78 is 4.77. The second kappa shape index (κ2) is 8.73. The van der Waals surface area contributed by atoms with Crippen LogP contribution >= 0.6 is 0 Å². The van der Waals surface area contributed by atoms with Crippen LogP contribution in [0.15, 0.2) is 24.3 Å². The Labute approximate surface area is 177 Å². The molecule has 0 aromatic heterocycles. The summed E-state index contributed by atoms with van der Waals surface area (Å²) in [5.74, 6) is -0.327. The Morgan fingerprint density at radius 2 is 1.67 bits per heavy atom. The van der Waals surface area contributed by atoms with Gasteiger partial charge in [-0.15, -0.1) is 0 Å². The van der Waals surface area contributed by atoms with Gasteiger partial charge in [0.25, 0.3) is 5.91 Å². The van der Waals surface area contributed by atoms with Crippen LogP contribution in [-0.4, -0.2) is 79.5 Å². The summed E-state index contributed by atoms with van der Waals surface area (Å²) in [6, 6.07) is 7.56. The van der Waals surface area contributed by atoms with Crippen LogP contribution < -0.4 is 10.2 Å². The third kappa shape index (κ3) is 3.94. The predicted octanol–water partition coefficient (Wildman–Crippen LogP) is 1.47. The van der Waals surface area contributed by atoms with Gasteiger partial charge in [-0.1, -0.05) is 25.0 Å². The minimum Gasteiger partial charge on any atom is -0.468 e. The largest absolute Gasteiger partial charge is 0.468 e. The number of ether oxygens (including phenoxy) is 1. The van der Waals surface area contributed by atoms with E-state index in [1.807, 2.05) is 24.3 Å². The van der Waals surface area contributed by atoms with Crippen LogP contribution in [0.1, 0.15) is 32.1 Å². The number of hydrogen-bond acceptors (Lipinski definition) is 6. The minimum absolute atomic E-state index is 0.0272. The van der Waals surface area contributed by atoms with Crippen molar-refractivity contribution in [2.24, 2.45) is 0 Å². The number of amides is 2. The fraction of sp³-hybridized carbons (Fsp3) is 0.591. The number of fused-ring (bicyclic) bond motifs is 1. The van der Waals surface area contributed by atoms with Crippen molar-refractivity contribution in [3.63, 3.8) is 0 Å².